The van der Waals surface area contributed by atoms with E-state index in [0.29, 0.717) is 9.75 Å². The number of rotatable bonds is 2. The standard InChI is InChI=1S/C12H16N2O2S3/c1-8-4-6-11(7-5-8)19(15,16)14-12-13-9(2)17-10(3)18-12/h4-7,9-10H,1-3H3,(H,13,14). The van der Waals surface area contributed by atoms with Crippen molar-refractivity contribution in [2.45, 2.75) is 35.6 Å². The second kappa shape index (κ2) is 5.76. The lowest BCUT2D eigenvalue weighted by molar-refractivity contribution is 0.593. The molecule has 1 aliphatic heterocycles. The van der Waals surface area contributed by atoms with Crippen LogP contribution in [0.5, 0.6) is 0 Å². The SMILES string of the molecule is Cc1ccc(S(=O)(=O)NC2=NC(C)SC(C)S2)cc1. The van der Waals surface area contributed by atoms with Gasteiger partial charge >= 0.3 is 0 Å². The molecule has 2 rings (SSSR count). The summed E-state index contributed by atoms with van der Waals surface area (Å²) in [6, 6.07) is 6.78. The Balaban J connectivity index is 2.20. The third kappa shape index (κ3) is 3.90. The first-order valence-corrected chi connectivity index (χ1v) is 9.17. The first kappa shape index (κ1) is 14.7. The summed E-state index contributed by atoms with van der Waals surface area (Å²) in [5, 5.41) is 0.547. The van der Waals surface area contributed by atoms with Crippen LogP contribution in [0.15, 0.2) is 34.2 Å². The fourth-order valence-corrected chi connectivity index (χ4v) is 5.35. The second-order valence-electron chi connectivity index (χ2n) is 4.27. The summed E-state index contributed by atoms with van der Waals surface area (Å²) in [4.78, 5) is 4.58. The van der Waals surface area contributed by atoms with Gasteiger partial charge in [-0.05, 0) is 32.9 Å². The lowest BCUT2D eigenvalue weighted by atomic mass is 10.2. The molecule has 0 fully saturated rings. The van der Waals surface area contributed by atoms with Crippen molar-refractivity contribution in [1.82, 2.24) is 4.72 Å². The Morgan fingerprint density at radius 3 is 2.42 bits per heavy atom. The number of amidine groups is 1. The van der Waals surface area contributed by atoms with E-state index >= 15 is 0 Å². The molecule has 2 atom stereocenters. The lowest BCUT2D eigenvalue weighted by Gasteiger charge is -2.22. The van der Waals surface area contributed by atoms with Crippen LogP contribution in [0.4, 0.5) is 0 Å². The van der Waals surface area contributed by atoms with Crippen LogP contribution in [-0.2, 0) is 10.0 Å². The first-order valence-electron chi connectivity index (χ1n) is 5.86. The van der Waals surface area contributed by atoms with Crippen LogP contribution in [0.3, 0.4) is 0 Å². The minimum Gasteiger partial charge on any atom is -0.258 e. The van der Waals surface area contributed by atoms with Crippen LogP contribution in [0.1, 0.15) is 19.4 Å². The molecule has 0 saturated carbocycles. The highest BCUT2D eigenvalue weighted by atomic mass is 32.2. The van der Waals surface area contributed by atoms with E-state index in [1.807, 2.05) is 20.8 Å². The van der Waals surface area contributed by atoms with Gasteiger partial charge in [0.2, 0.25) is 0 Å². The van der Waals surface area contributed by atoms with Gasteiger partial charge in [-0.3, -0.25) is 4.72 Å². The topological polar surface area (TPSA) is 58.5 Å². The van der Waals surface area contributed by atoms with Gasteiger partial charge in [-0.25, -0.2) is 13.4 Å². The van der Waals surface area contributed by atoms with E-state index in [9.17, 15) is 8.42 Å². The minimum atomic E-state index is -3.53. The van der Waals surface area contributed by atoms with Gasteiger partial charge in [0.25, 0.3) is 10.0 Å². The zero-order chi connectivity index (χ0) is 14.0. The lowest BCUT2D eigenvalue weighted by Crippen LogP contribution is -2.32. The van der Waals surface area contributed by atoms with E-state index in [-0.39, 0.29) is 10.3 Å². The predicted molar refractivity (Wildman–Crippen MR) is 83.0 cm³/mol. The van der Waals surface area contributed by atoms with Gasteiger partial charge < -0.3 is 0 Å². The molecule has 1 aromatic carbocycles. The van der Waals surface area contributed by atoms with Crippen molar-refractivity contribution in [3.8, 4) is 0 Å². The number of hydrogen-bond donors (Lipinski definition) is 1. The number of benzene rings is 1. The normalized spacial score (nSPS) is 23.8. The van der Waals surface area contributed by atoms with E-state index in [4.69, 9.17) is 0 Å². The molecule has 2 unspecified atom stereocenters. The quantitative estimate of drug-likeness (QED) is 0.911. The van der Waals surface area contributed by atoms with Crippen LogP contribution < -0.4 is 4.72 Å². The van der Waals surface area contributed by atoms with Crippen molar-refractivity contribution in [3.05, 3.63) is 29.8 Å². The van der Waals surface area contributed by atoms with Crippen molar-refractivity contribution in [2.24, 2.45) is 4.99 Å². The molecule has 0 saturated heterocycles. The minimum absolute atomic E-state index is 0.0759. The van der Waals surface area contributed by atoms with Gasteiger partial charge in [0.1, 0.15) is 0 Å². The van der Waals surface area contributed by atoms with Crippen LogP contribution >= 0.6 is 23.5 Å². The molecule has 1 aliphatic rings. The third-order valence-electron chi connectivity index (χ3n) is 2.52. The van der Waals surface area contributed by atoms with Gasteiger partial charge in [0.05, 0.1) is 14.9 Å². The summed E-state index contributed by atoms with van der Waals surface area (Å²) in [5.41, 5.74) is 1.03. The fourth-order valence-electron chi connectivity index (χ4n) is 1.63. The number of aliphatic imine (C=N–C) groups is 1. The van der Waals surface area contributed by atoms with Gasteiger partial charge in [-0.2, -0.15) is 0 Å². The Hall–Kier alpha value is -0.660. The van der Waals surface area contributed by atoms with Crippen LogP contribution in [0, 0.1) is 6.92 Å². The summed E-state index contributed by atoms with van der Waals surface area (Å²) in [6.45, 7) is 5.92. The molecular formula is C12H16N2O2S3. The predicted octanol–water partition coefficient (Wildman–Crippen LogP) is 2.80. The Bertz CT molecular complexity index is 581. The van der Waals surface area contributed by atoms with Crippen molar-refractivity contribution in [3.63, 3.8) is 0 Å². The van der Waals surface area contributed by atoms with E-state index in [0.717, 1.165) is 5.56 Å². The van der Waals surface area contributed by atoms with Crippen molar-refractivity contribution in [1.29, 1.82) is 0 Å². The van der Waals surface area contributed by atoms with E-state index in [1.165, 1.54) is 11.8 Å². The maximum absolute atomic E-state index is 12.2. The maximum Gasteiger partial charge on any atom is 0.263 e. The average molecular weight is 316 g/mol. The Morgan fingerprint density at radius 2 is 1.84 bits per heavy atom. The van der Waals surface area contributed by atoms with Gasteiger partial charge in [0, 0.05) is 0 Å². The maximum atomic E-state index is 12.2. The smallest absolute Gasteiger partial charge is 0.258 e. The Labute approximate surface area is 122 Å². The molecule has 7 heteroatoms. The molecule has 104 valence electrons. The van der Waals surface area contributed by atoms with Crippen molar-refractivity contribution < 1.29 is 8.42 Å². The Morgan fingerprint density at radius 1 is 1.21 bits per heavy atom. The highest BCUT2D eigenvalue weighted by molar-refractivity contribution is 8.26. The number of aryl methyl sites for hydroxylation is 1. The van der Waals surface area contributed by atoms with Crippen LogP contribution in [0.25, 0.3) is 0 Å². The first-order chi connectivity index (χ1) is 8.87. The number of nitrogens with zero attached hydrogens (tertiary/aromatic N) is 1. The molecule has 0 aromatic heterocycles. The zero-order valence-corrected chi connectivity index (χ0v) is 13.4. The monoisotopic (exact) mass is 316 g/mol. The largest absolute Gasteiger partial charge is 0.263 e. The molecule has 0 aliphatic carbocycles. The Kier molecular flexibility index (Phi) is 4.47. The van der Waals surface area contributed by atoms with Gasteiger partial charge in [0.15, 0.2) is 5.17 Å². The van der Waals surface area contributed by atoms with Crippen molar-refractivity contribution >= 4 is 38.7 Å². The number of hydrogen-bond acceptors (Lipinski definition) is 5. The van der Waals surface area contributed by atoms with Crippen LogP contribution in [0.2, 0.25) is 0 Å². The summed E-state index contributed by atoms with van der Waals surface area (Å²) in [7, 11) is -3.53. The highest BCUT2D eigenvalue weighted by Gasteiger charge is 2.23. The van der Waals surface area contributed by atoms with E-state index in [1.54, 1.807) is 36.0 Å². The summed E-state index contributed by atoms with van der Waals surface area (Å²) >= 11 is 3.15. The summed E-state index contributed by atoms with van der Waals surface area (Å²) in [6.07, 6.45) is 0. The molecule has 0 radical (unpaired) electrons. The fraction of sp³-hybridized carbons (Fsp3) is 0.417. The number of sulfonamides is 1. The molecule has 19 heavy (non-hydrogen) atoms. The molecule has 1 N–H and O–H groups in total. The molecular weight excluding hydrogens is 300 g/mol. The number of nitrogens with one attached hydrogen (secondary N) is 1. The third-order valence-corrected chi connectivity index (χ3v) is 6.27. The molecule has 0 bridgehead atoms. The zero-order valence-electron chi connectivity index (χ0n) is 11.0. The number of thioether (sulfide) groups is 2. The van der Waals surface area contributed by atoms with Crippen molar-refractivity contribution in [2.75, 3.05) is 0 Å². The highest BCUT2D eigenvalue weighted by Crippen LogP contribution is 2.33. The average Bonchev–Trinajstić information content (AvgIpc) is 2.27. The second-order valence-corrected chi connectivity index (χ2v) is 9.25. The van der Waals surface area contributed by atoms with Gasteiger partial charge in [-0.1, -0.05) is 29.5 Å². The summed E-state index contributed by atoms with van der Waals surface area (Å²) < 4.78 is 27.3. The molecule has 1 aromatic rings. The summed E-state index contributed by atoms with van der Waals surface area (Å²) in [5.74, 6) is 0. The molecule has 0 spiro atoms. The molecule has 1 heterocycles. The molecule has 4 nitrogen and oxygen atoms in total. The van der Waals surface area contributed by atoms with Crippen LogP contribution in [-0.4, -0.2) is 23.5 Å². The van der Waals surface area contributed by atoms with E-state index < -0.39 is 10.0 Å². The van der Waals surface area contributed by atoms with E-state index in [2.05, 4.69) is 9.71 Å². The molecule has 0 amide bonds. The van der Waals surface area contributed by atoms with Gasteiger partial charge in [-0.15, -0.1) is 11.8 Å².